The molecular formula is C15H29N3O2. The zero-order chi connectivity index (χ0) is 14.4. The van der Waals surface area contributed by atoms with E-state index in [4.69, 9.17) is 4.74 Å². The molecule has 0 bridgehead atoms. The number of carbonyl (C=O) groups excluding carboxylic acids is 1. The molecule has 2 rings (SSSR count). The average Bonchev–Trinajstić information content (AvgIpc) is 2.49. The number of piperidine rings is 1. The van der Waals surface area contributed by atoms with Gasteiger partial charge in [-0.25, -0.2) is 4.79 Å². The molecule has 0 aromatic heterocycles. The summed E-state index contributed by atoms with van der Waals surface area (Å²) in [7, 11) is 2.00. The van der Waals surface area contributed by atoms with Crippen molar-refractivity contribution in [2.75, 3.05) is 26.7 Å². The maximum absolute atomic E-state index is 11.9. The van der Waals surface area contributed by atoms with Gasteiger partial charge in [-0.15, -0.1) is 0 Å². The van der Waals surface area contributed by atoms with E-state index < -0.39 is 0 Å². The number of carbonyl (C=O) groups is 1. The van der Waals surface area contributed by atoms with Crippen LogP contribution in [0.3, 0.4) is 0 Å². The fourth-order valence-electron chi connectivity index (χ4n) is 3.21. The molecule has 2 fully saturated rings. The highest BCUT2D eigenvalue weighted by atomic mass is 16.6. The first-order valence-electron chi connectivity index (χ1n) is 8.08. The molecule has 0 atom stereocenters. The number of ether oxygens (including phenoxy) is 1. The molecule has 0 spiro atoms. The number of amides is 1. The quantitative estimate of drug-likeness (QED) is 0.825. The normalized spacial score (nSPS) is 29.1. The average molecular weight is 283 g/mol. The van der Waals surface area contributed by atoms with Crippen molar-refractivity contribution in [3.63, 3.8) is 0 Å². The summed E-state index contributed by atoms with van der Waals surface area (Å²) >= 11 is 0. The second-order valence-corrected chi connectivity index (χ2v) is 6.02. The highest BCUT2D eigenvalue weighted by molar-refractivity contribution is 5.67. The molecule has 1 saturated heterocycles. The summed E-state index contributed by atoms with van der Waals surface area (Å²) in [5.74, 6) is 0. The van der Waals surface area contributed by atoms with Crippen LogP contribution in [0.25, 0.3) is 0 Å². The summed E-state index contributed by atoms with van der Waals surface area (Å²) in [5, 5.41) is 6.32. The Bertz CT molecular complexity index is 267. The predicted octanol–water partition coefficient (Wildman–Crippen LogP) is 1.73. The molecular weight excluding hydrogens is 254 g/mol. The molecule has 5 nitrogen and oxygen atoms in total. The molecule has 20 heavy (non-hydrogen) atoms. The van der Waals surface area contributed by atoms with Gasteiger partial charge in [-0.1, -0.05) is 6.92 Å². The van der Waals surface area contributed by atoms with Crippen LogP contribution in [-0.2, 0) is 4.74 Å². The van der Waals surface area contributed by atoms with Crippen molar-refractivity contribution in [3.05, 3.63) is 0 Å². The third-order valence-electron chi connectivity index (χ3n) is 4.71. The van der Waals surface area contributed by atoms with Crippen LogP contribution >= 0.6 is 0 Å². The molecule has 0 aromatic carbocycles. The van der Waals surface area contributed by atoms with Crippen LogP contribution in [0.15, 0.2) is 0 Å². The highest BCUT2D eigenvalue weighted by Gasteiger charge is 2.25. The fraction of sp³-hybridized carbons (Fsp3) is 0.933. The van der Waals surface area contributed by atoms with Crippen molar-refractivity contribution >= 4 is 6.09 Å². The summed E-state index contributed by atoms with van der Waals surface area (Å²) in [6, 6.07) is 0.884. The lowest BCUT2D eigenvalue weighted by atomic mass is 9.93. The van der Waals surface area contributed by atoms with Crippen LogP contribution in [-0.4, -0.2) is 55.9 Å². The minimum atomic E-state index is -0.215. The van der Waals surface area contributed by atoms with E-state index in [1.54, 1.807) is 0 Å². The van der Waals surface area contributed by atoms with Crippen molar-refractivity contribution < 1.29 is 9.53 Å². The third kappa shape index (κ3) is 4.63. The Hall–Kier alpha value is -0.810. The molecule has 1 aliphatic carbocycles. The fourth-order valence-corrected chi connectivity index (χ4v) is 3.21. The lowest BCUT2D eigenvalue weighted by Gasteiger charge is -2.32. The van der Waals surface area contributed by atoms with Gasteiger partial charge in [0, 0.05) is 25.2 Å². The first-order valence-corrected chi connectivity index (χ1v) is 8.08. The number of nitrogens with one attached hydrogen (secondary N) is 2. The lowest BCUT2D eigenvalue weighted by molar-refractivity contribution is 0.0645. The number of hydrogen-bond donors (Lipinski definition) is 2. The van der Waals surface area contributed by atoms with Crippen molar-refractivity contribution in [2.45, 2.75) is 63.6 Å². The zero-order valence-electron chi connectivity index (χ0n) is 12.9. The molecule has 1 amide bonds. The van der Waals surface area contributed by atoms with Gasteiger partial charge in [0.05, 0.1) is 0 Å². The standard InChI is InChI=1S/C15H29N3O2/c1-3-18-10-8-13(9-11-18)17-15(19)20-14-6-4-12(16-2)5-7-14/h12-14,16H,3-11H2,1-2H3,(H,17,19). The second-order valence-electron chi connectivity index (χ2n) is 6.02. The first-order chi connectivity index (χ1) is 9.71. The SMILES string of the molecule is CCN1CCC(NC(=O)OC2CCC(NC)CC2)CC1. The Morgan fingerprint density at radius 3 is 2.30 bits per heavy atom. The van der Waals surface area contributed by atoms with E-state index in [1.165, 1.54) is 0 Å². The number of alkyl carbamates (subject to hydrolysis) is 1. The van der Waals surface area contributed by atoms with Gasteiger partial charge in [-0.2, -0.15) is 0 Å². The third-order valence-corrected chi connectivity index (χ3v) is 4.71. The van der Waals surface area contributed by atoms with Gasteiger partial charge in [-0.05, 0) is 52.1 Å². The van der Waals surface area contributed by atoms with Gasteiger partial charge in [-0.3, -0.25) is 0 Å². The Morgan fingerprint density at radius 2 is 1.75 bits per heavy atom. The van der Waals surface area contributed by atoms with E-state index in [2.05, 4.69) is 22.5 Å². The molecule has 1 saturated carbocycles. The molecule has 2 aliphatic rings. The molecule has 1 aliphatic heterocycles. The monoisotopic (exact) mass is 283 g/mol. The van der Waals surface area contributed by atoms with Crippen LogP contribution in [0.4, 0.5) is 4.79 Å². The van der Waals surface area contributed by atoms with Crippen LogP contribution < -0.4 is 10.6 Å². The molecule has 0 aromatic rings. The lowest BCUT2D eigenvalue weighted by Crippen LogP contribution is -2.45. The largest absolute Gasteiger partial charge is 0.446 e. The van der Waals surface area contributed by atoms with Crippen molar-refractivity contribution in [1.29, 1.82) is 0 Å². The van der Waals surface area contributed by atoms with Crippen LogP contribution in [0.5, 0.6) is 0 Å². The Morgan fingerprint density at radius 1 is 1.10 bits per heavy atom. The van der Waals surface area contributed by atoms with Crippen molar-refractivity contribution in [3.8, 4) is 0 Å². The maximum Gasteiger partial charge on any atom is 0.407 e. The number of likely N-dealkylation sites (tertiary alicyclic amines) is 1. The first kappa shape index (κ1) is 15.6. The maximum atomic E-state index is 11.9. The van der Waals surface area contributed by atoms with Crippen LogP contribution in [0, 0.1) is 0 Å². The second kappa shape index (κ2) is 7.84. The minimum Gasteiger partial charge on any atom is -0.446 e. The van der Waals surface area contributed by atoms with E-state index in [0.29, 0.717) is 12.1 Å². The van der Waals surface area contributed by atoms with Gasteiger partial charge in [0.1, 0.15) is 6.10 Å². The summed E-state index contributed by atoms with van der Waals surface area (Å²) in [4.78, 5) is 14.3. The van der Waals surface area contributed by atoms with E-state index in [0.717, 1.165) is 58.2 Å². The number of rotatable bonds is 4. The van der Waals surface area contributed by atoms with Crippen LogP contribution in [0.2, 0.25) is 0 Å². The van der Waals surface area contributed by atoms with Gasteiger partial charge in [0.25, 0.3) is 0 Å². The predicted molar refractivity (Wildman–Crippen MR) is 79.9 cm³/mol. The summed E-state index contributed by atoms with van der Waals surface area (Å²) in [6.45, 7) is 5.44. The number of hydrogen-bond acceptors (Lipinski definition) is 4. The molecule has 2 N–H and O–H groups in total. The zero-order valence-corrected chi connectivity index (χ0v) is 12.9. The summed E-state index contributed by atoms with van der Waals surface area (Å²) in [6.07, 6.45) is 6.13. The topological polar surface area (TPSA) is 53.6 Å². The summed E-state index contributed by atoms with van der Waals surface area (Å²) in [5.41, 5.74) is 0. The van der Waals surface area contributed by atoms with Crippen molar-refractivity contribution in [2.24, 2.45) is 0 Å². The summed E-state index contributed by atoms with van der Waals surface area (Å²) < 4.78 is 5.55. The van der Waals surface area contributed by atoms with E-state index in [9.17, 15) is 4.79 Å². The minimum absolute atomic E-state index is 0.107. The van der Waals surface area contributed by atoms with E-state index in [1.807, 2.05) is 7.05 Å². The number of nitrogens with zero attached hydrogens (tertiary/aromatic N) is 1. The van der Waals surface area contributed by atoms with Crippen LogP contribution in [0.1, 0.15) is 45.4 Å². The molecule has 5 heteroatoms. The van der Waals surface area contributed by atoms with Crippen molar-refractivity contribution in [1.82, 2.24) is 15.5 Å². The van der Waals surface area contributed by atoms with Gasteiger partial charge >= 0.3 is 6.09 Å². The Labute approximate surface area is 122 Å². The Balaban J connectivity index is 1.63. The van der Waals surface area contributed by atoms with Gasteiger partial charge in [0.15, 0.2) is 0 Å². The Kier molecular flexibility index (Phi) is 6.10. The molecule has 0 radical (unpaired) electrons. The highest BCUT2D eigenvalue weighted by Crippen LogP contribution is 2.21. The molecule has 0 unspecified atom stereocenters. The smallest absolute Gasteiger partial charge is 0.407 e. The molecule has 1 heterocycles. The van der Waals surface area contributed by atoms with Gasteiger partial charge < -0.3 is 20.3 Å². The van der Waals surface area contributed by atoms with E-state index in [-0.39, 0.29) is 12.2 Å². The van der Waals surface area contributed by atoms with Gasteiger partial charge in [0.2, 0.25) is 0 Å². The molecule has 116 valence electrons. The van der Waals surface area contributed by atoms with E-state index >= 15 is 0 Å².